The van der Waals surface area contributed by atoms with E-state index in [2.05, 4.69) is 9.84 Å². The molecule has 1 aromatic carbocycles. The Morgan fingerprint density at radius 1 is 1.31 bits per heavy atom. The molecule has 3 rings (SSSR count). The topological polar surface area (TPSA) is 87.2 Å². The molecule has 0 saturated heterocycles. The maximum absolute atomic E-state index is 12.4. The van der Waals surface area contributed by atoms with Gasteiger partial charge in [-0.2, -0.15) is 9.78 Å². The third kappa shape index (κ3) is 4.91. The Morgan fingerprint density at radius 3 is 2.38 bits per heavy atom. The zero-order valence-electron chi connectivity index (χ0n) is 15.2. The predicted octanol–water partition coefficient (Wildman–Crippen LogP) is 4.17. The van der Waals surface area contributed by atoms with E-state index in [1.54, 1.807) is 36.8 Å². The van der Waals surface area contributed by atoms with Gasteiger partial charge >= 0.3 is 0 Å². The van der Waals surface area contributed by atoms with Crippen molar-refractivity contribution in [1.29, 1.82) is 0 Å². The summed E-state index contributed by atoms with van der Waals surface area (Å²) in [5.74, 6) is 0. The summed E-state index contributed by atoms with van der Waals surface area (Å²) in [4.78, 5) is 23.6. The molecule has 0 spiro atoms. The number of ether oxygens (including phenoxy) is 1. The average Bonchev–Trinajstić information content (AvgIpc) is 3.07. The minimum absolute atomic E-state index is 0.183. The smallest absolute Gasteiger partial charge is 0.282 e. The third-order valence-corrected chi connectivity index (χ3v) is 4.24. The number of rotatable bonds is 3. The summed E-state index contributed by atoms with van der Waals surface area (Å²) in [7, 11) is 1.68. The van der Waals surface area contributed by atoms with Crippen molar-refractivity contribution in [2.24, 2.45) is 0 Å². The van der Waals surface area contributed by atoms with Crippen LogP contribution in [0.15, 0.2) is 34.4 Å². The van der Waals surface area contributed by atoms with Crippen LogP contribution in [0.1, 0.15) is 31.3 Å². The molecule has 2 heterocycles. The number of thiophene rings is 1. The Hall–Kier alpha value is -2.22. The molecule has 0 fully saturated rings. The molecule has 3 aromatic rings. The quantitative estimate of drug-likeness (QED) is 0.672. The second-order valence-electron chi connectivity index (χ2n) is 4.66. The van der Waals surface area contributed by atoms with Gasteiger partial charge in [-0.1, -0.05) is 25.4 Å². The first kappa shape index (κ1) is 21.8. The van der Waals surface area contributed by atoms with Crippen molar-refractivity contribution in [3.63, 3.8) is 0 Å². The highest BCUT2D eigenvalue weighted by Gasteiger charge is 2.15. The Labute approximate surface area is 161 Å². The predicted molar refractivity (Wildman–Crippen MR) is 109 cm³/mol. The first-order valence-corrected chi connectivity index (χ1v) is 9.29. The largest absolute Gasteiger partial charge is 0.390 e. The summed E-state index contributed by atoms with van der Waals surface area (Å²) in [6.07, 6.45) is 0.611. The van der Waals surface area contributed by atoms with Crippen LogP contribution in [0.3, 0.4) is 0 Å². The van der Waals surface area contributed by atoms with E-state index in [-0.39, 0.29) is 11.3 Å². The molecule has 26 heavy (non-hydrogen) atoms. The zero-order valence-corrected chi connectivity index (χ0v) is 16.7. The van der Waals surface area contributed by atoms with Crippen molar-refractivity contribution in [3.8, 4) is 5.69 Å². The number of carbonyl (C=O) groups is 1. The number of anilines is 1. The molecule has 0 atom stereocenters. The van der Waals surface area contributed by atoms with Gasteiger partial charge < -0.3 is 10.5 Å². The monoisotopic (exact) mass is 395 g/mol. The van der Waals surface area contributed by atoms with Crippen molar-refractivity contribution in [2.75, 3.05) is 19.5 Å². The van der Waals surface area contributed by atoms with Crippen LogP contribution in [0.25, 0.3) is 16.5 Å². The fourth-order valence-corrected chi connectivity index (χ4v) is 2.86. The number of benzene rings is 1. The molecule has 8 heteroatoms. The van der Waals surface area contributed by atoms with Crippen LogP contribution in [0.4, 0.5) is 5.00 Å². The summed E-state index contributed by atoms with van der Waals surface area (Å²) < 4.78 is 5.70. The van der Waals surface area contributed by atoms with Crippen LogP contribution in [0, 0.1) is 0 Å². The number of hydrogen-bond acceptors (Lipinski definition) is 6. The lowest BCUT2D eigenvalue weighted by molar-refractivity contribution is 0.111. The highest BCUT2D eigenvalue weighted by atomic mass is 35.5. The van der Waals surface area contributed by atoms with Crippen LogP contribution < -0.4 is 11.3 Å². The lowest BCUT2D eigenvalue weighted by Crippen LogP contribution is -2.23. The summed E-state index contributed by atoms with van der Waals surface area (Å²) >= 11 is 7.03. The number of fused-ring (bicyclic) bond motifs is 1. The highest BCUT2D eigenvalue weighted by molar-refractivity contribution is 7.15. The van der Waals surface area contributed by atoms with Crippen molar-refractivity contribution in [1.82, 2.24) is 9.78 Å². The zero-order chi connectivity index (χ0) is 19.7. The van der Waals surface area contributed by atoms with Gasteiger partial charge in [-0.05, 0) is 31.2 Å². The van der Waals surface area contributed by atoms with Crippen LogP contribution in [0.5, 0.6) is 0 Å². The van der Waals surface area contributed by atoms with Crippen LogP contribution in [0.2, 0.25) is 5.02 Å². The summed E-state index contributed by atoms with van der Waals surface area (Å²) in [5, 5.41) is 7.47. The Bertz CT molecular complexity index is 902. The molecular formula is C18H22ClN3O3S. The fraction of sp³-hybridized carbons (Fsp3) is 0.278. The van der Waals surface area contributed by atoms with Crippen LogP contribution in [-0.2, 0) is 4.74 Å². The van der Waals surface area contributed by atoms with Gasteiger partial charge in [0, 0.05) is 29.5 Å². The van der Waals surface area contributed by atoms with Crippen LogP contribution in [-0.4, -0.2) is 29.8 Å². The Balaban J connectivity index is 0.000000500. The van der Waals surface area contributed by atoms with E-state index in [1.807, 2.05) is 20.8 Å². The molecular weight excluding hydrogens is 374 g/mol. The fourth-order valence-electron chi connectivity index (χ4n) is 1.94. The van der Waals surface area contributed by atoms with Gasteiger partial charge in [-0.25, -0.2) is 0 Å². The molecule has 6 nitrogen and oxygen atoms in total. The van der Waals surface area contributed by atoms with E-state index in [9.17, 15) is 9.59 Å². The number of methoxy groups -OCH3 is 1. The molecule has 0 aliphatic rings. The van der Waals surface area contributed by atoms with Gasteiger partial charge in [0.15, 0.2) is 6.29 Å². The molecule has 140 valence electrons. The van der Waals surface area contributed by atoms with E-state index in [0.29, 0.717) is 32.8 Å². The number of nitrogens with two attached hydrogens (primary N) is 1. The minimum Gasteiger partial charge on any atom is -0.390 e. The normalized spacial score (nSPS) is 9.73. The molecule has 0 bridgehead atoms. The van der Waals surface area contributed by atoms with Crippen molar-refractivity contribution < 1.29 is 9.53 Å². The van der Waals surface area contributed by atoms with Gasteiger partial charge in [-0.15, -0.1) is 11.3 Å². The van der Waals surface area contributed by atoms with E-state index in [0.717, 1.165) is 11.3 Å². The standard InChI is InChI=1S/C13H8ClN3O2S.C3H8O.C2H6/c14-7-1-3-8(4-2-7)17-13(19)11-9(6-20-12(11)15)10(5-18)16-17;1-3-4-2;1-2/h1-6H,15H2;3H2,1-2H3;1-2H3. The van der Waals surface area contributed by atoms with E-state index in [1.165, 1.54) is 11.3 Å². The van der Waals surface area contributed by atoms with Crippen molar-refractivity contribution in [3.05, 3.63) is 50.7 Å². The Morgan fingerprint density at radius 2 is 1.88 bits per heavy atom. The number of carbonyl (C=O) groups excluding carboxylic acids is 1. The Kier molecular flexibility index (Phi) is 8.98. The van der Waals surface area contributed by atoms with Gasteiger partial charge in [0.05, 0.1) is 16.1 Å². The molecule has 2 aromatic heterocycles. The summed E-state index contributed by atoms with van der Waals surface area (Å²) in [6.45, 7) is 6.78. The summed E-state index contributed by atoms with van der Waals surface area (Å²) in [5.41, 5.74) is 6.16. The number of aldehydes is 1. The van der Waals surface area contributed by atoms with Gasteiger partial charge in [0.25, 0.3) is 5.56 Å². The number of nitrogen functional groups attached to an aromatic ring is 1. The van der Waals surface area contributed by atoms with E-state index >= 15 is 0 Å². The number of nitrogens with zero attached hydrogens (tertiary/aromatic N) is 2. The number of halogens is 1. The average molecular weight is 396 g/mol. The molecule has 0 unspecified atom stereocenters. The summed E-state index contributed by atoms with van der Waals surface area (Å²) in [6, 6.07) is 6.60. The maximum Gasteiger partial charge on any atom is 0.282 e. The van der Waals surface area contributed by atoms with Crippen LogP contribution >= 0.6 is 22.9 Å². The second-order valence-corrected chi connectivity index (χ2v) is 6.01. The lowest BCUT2D eigenvalue weighted by atomic mass is 10.2. The third-order valence-electron chi connectivity index (χ3n) is 3.18. The molecule has 0 amide bonds. The SMILES string of the molecule is CC.CCOC.Nc1scc2c(C=O)nn(-c3ccc(Cl)cc3)c(=O)c12. The highest BCUT2D eigenvalue weighted by Crippen LogP contribution is 2.26. The molecule has 2 N–H and O–H groups in total. The first-order valence-electron chi connectivity index (χ1n) is 8.03. The molecule has 0 radical (unpaired) electrons. The number of hydrogen-bond donors (Lipinski definition) is 1. The molecule has 0 aliphatic heterocycles. The molecule has 0 aliphatic carbocycles. The second kappa shape index (κ2) is 10.7. The first-order chi connectivity index (χ1) is 12.5. The molecule has 0 saturated carbocycles. The maximum atomic E-state index is 12.4. The van der Waals surface area contributed by atoms with E-state index in [4.69, 9.17) is 17.3 Å². The van der Waals surface area contributed by atoms with Gasteiger partial charge in [0.2, 0.25) is 0 Å². The number of aromatic nitrogens is 2. The minimum atomic E-state index is -0.355. The van der Waals surface area contributed by atoms with Crippen molar-refractivity contribution in [2.45, 2.75) is 20.8 Å². The van der Waals surface area contributed by atoms with E-state index < -0.39 is 0 Å². The van der Waals surface area contributed by atoms with Gasteiger partial charge in [0.1, 0.15) is 5.69 Å². The lowest BCUT2D eigenvalue weighted by Gasteiger charge is -2.06. The van der Waals surface area contributed by atoms with Gasteiger partial charge in [-0.3, -0.25) is 9.59 Å². The van der Waals surface area contributed by atoms with Crippen molar-refractivity contribution >= 4 is 45.0 Å².